The number of benzene rings is 2. The van der Waals surface area contributed by atoms with Gasteiger partial charge in [-0.25, -0.2) is 4.98 Å². The highest BCUT2D eigenvalue weighted by Gasteiger charge is 2.09. The van der Waals surface area contributed by atoms with Crippen LogP contribution in [0.2, 0.25) is 0 Å². The zero-order chi connectivity index (χ0) is 16.0. The Morgan fingerprint density at radius 3 is 1.39 bits per heavy atom. The summed E-state index contributed by atoms with van der Waals surface area (Å²) in [5.74, 6) is 0. The lowest BCUT2D eigenvalue weighted by atomic mass is 10.0. The molecule has 1 aromatic heterocycles. The summed E-state index contributed by atoms with van der Waals surface area (Å²) in [6.45, 7) is 4.30. The van der Waals surface area contributed by atoms with Crippen molar-refractivity contribution < 1.29 is 0 Å². The van der Waals surface area contributed by atoms with Crippen molar-refractivity contribution in [1.82, 2.24) is 4.98 Å². The fourth-order valence-corrected chi connectivity index (χ4v) is 3.10. The highest BCUT2D eigenvalue weighted by atomic mass is 35.5. The molecule has 0 fully saturated rings. The van der Waals surface area contributed by atoms with Crippen LogP contribution < -0.4 is 9.80 Å². The Balaban J connectivity index is 0.00000192. The molecule has 4 heteroatoms. The molecule has 1 heterocycles. The molecule has 0 N–H and O–H groups in total. The molecule has 3 aromatic rings. The monoisotopic (exact) mass is 329 g/mol. The number of anilines is 2. The van der Waals surface area contributed by atoms with Crippen LogP contribution in [0.4, 0.5) is 11.4 Å². The average Bonchev–Trinajstić information content (AvgIpc) is 2.43. The number of aromatic nitrogens is 1. The van der Waals surface area contributed by atoms with E-state index in [-0.39, 0.29) is 12.4 Å². The summed E-state index contributed by atoms with van der Waals surface area (Å²) in [4.78, 5) is 9.17. The van der Waals surface area contributed by atoms with E-state index in [9.17, 15) is 0 Å². The third-order valence-electron chi connectivity index (χ3n) is 4.21. The average molecular weight is 330 g/mol. The Morgan fingerprint density at radius 2 is 1.04 bits per heavy atom. The molecule has 3 nitrogen and oxygen atoms in total. The van der Waals surface area contributed by atoms with Crippen molar-refractivity contribution in [3.8, 4) is 0 Å². The minimum atomic E-state index is 0. The molecular formula is C19H24ClN3. The van der Waals surface area contributed by atoms with Crippen LogP contribution in [-0.2, 0) is 0 Å². The molecule has 0 atom stereocenters. The second-order valence-electron chi connectivity index (χ2n) is 6.44. The number of fused-ring (bicyclic) bond motifs is 2. The summed E-state index contributed by atoms with van der Waals surface area (Å²) in [5, 5.41) is 2.40. The summed E-state index contributed by atoms with van der Waals surface area (Å²) < 4.78 is 0. The van der Waals surface area contributed by atoms with E-state index in [1.165, 1.54) is 33.3 Å². The van der Waals surface area contributed by atoms with Gasteiger partial charge in [-0.15, -0.1) is 12.4 Å². The van der Waals surface area contributed by atoms with Crippen LogP contribution in [0.15, 0.2) is 30.3 Å². The Labute approximate surface area is 144 Å². The normalized spacial score (nSPS) is 10.7. The first-order chi connectivity index (χ1) is 10.4. The molecule has 0 bridgehead atoms. The highest BCUT2D eigenvalue weighted by molar-refractivity contribution is 5.96. The van der Waals surface area contributed by atoms with Crippen LogP contribution in [0.1, 0.15) is 11.1 Å². The van der Waals surface area contributed by atoms with Gasteiger partial charge in [-0.05, 0) is 55.3 Å². The SMILES string of the molecule is Cc1cc2cc3cc(C)c(N(C)C)cc3nc2cc1N(C)C.Cl. The molecule has 0 radical (unpaired) electrons. The number of rotatable bonds is 2. The van der Waals surface area contributed by atoms with Crippen molar-refractivity contribution >= 4 is 45.6 Å². The highest BCUT2D eigenvalue weighted by Crippen LogP contribution is 2.30. The van der Waals surface area contributed by atoms with Gasteiger partial charge >= 0.3 is 0 Å². The second-order valence-corrected chi connectivity index (χ2v) is 6.44. The standard InChI is InChI=1S/C19H23N3.ClH/c1-12-7-14-9-15-8-13(2)19(22(5)6)11-17(15)20-16(14)10-18(12)21(3)4;/h7-11H,1-6H3;1H. The molecule has 0 unspecified atom stereocenters. The van der Waals surface area contributed by atoms with Gasteiger partial charge in [0, 0.05) is 50.3 Å². The number of aryl methyl sites for hydroxylation is 2. The summed E-state index contributed by atoms with van der Waals surface area (Å²) in [7, 11) is 8.29. The maximum atomic E-state index is 4.89. The topological polar surface area (TPSA) is 19.4 Å². The van der Waals surface area contributed by atoms with E-state index in [0.717, 1.165) is 11.0 Å². The summed E-state index contributed by atoms with van der Waals surface area (Å²) in [6.07, 6.45) is 0. The van der Waals surface area contributed by atoms with Gasteiger partial charge in [0.1, 0.15) is 0 Å². The zero-order valence-electron chi connectivity index (χ0n) is 14.6. The van der Waals surface area contributed by atoms with Crippen LogP contribution in [0.5, 0.6) is 0 Å². The third kappa shape index (κ3) is 3.06. The molecule has 0 saturated heterocycles. The number of halogens is 1. The molecule has 0 amide bonds. The third-order valence-corrected chi connectivity index (χ3v) is 4.21. The minimum Gasteiger partial charge on any atom is -0.377 e. The quantitative estimate of drug-likeness (QED) is 0.642. The molecule has 2 aromatic carbocycles. The summed E-state index contributed by atoms with van der Waals surface area (Å²) >= 11 is 0. The number of hydrogen-bond donors (Lipinski definition) is 0. The lowest BCUT2D eigenvalue weighted by Crippen LogP contribution is -2.10. The lowest BCUT2D eigenvalue weighted by Gasteiger charge is -2.18. The zero-order valence-corrected chi connectivity index (χ0v) is 15.5. The maximum Gasteiger partial charge on any atom is 0.0730 e. The van der Waals surface area contributed by atoms with E-state index in [0.29, 0.717) is 0 Å². The number of nitrogens with zero attached hydrogens (tertiary/aromatic N) is 3. The molecule has 0 aliphatic heterocycles. The van der Waals surface area contributed by atoms with E-state index in [2.05, 4.69) is 82.2 Å². The van der Waals surface area contributed by atoms with Crippen molar-refractivity contribution in [3.05, 3.63) is 41.5 Å². The predicted octanol–water partition coefficient (Wildman–Crippen LogP) is 4.56. The van der Waals surface area contributed by atoms with Crippen molar-refractivity contribution in [2.24, 2.45) is 0 Å². The van der Waals surface area contributed by atoms with Crippen molar-refractivity contribution in [2.75, 3.05) is 38.0 Å². The molecule has 0 aliphatic rings. The van der Waals surface area contributed by atoms with E-state index in [1.54, 1.807) is 0 Å². The van der Waals surface area contributed by atoms with Gasteiger partial charge in [0.25, 0.3) is 0 Å². The lowest BCUT2D eigenvalue weighted by molar-refractivity contribution is 1.11. The van der Waals surface area contributed by atoms with Gasteiger partial charge in [0.15, 0.2) is 0 Å². The van der Waals surface area contributed by atoms with Gasteiger partial charge in [-0.2, -0.15) is 0 Å². The number of hydrogen-bond acceptors (Lipinski definition) is 3. The summed E-state index contributed by atoms with van der Waals surface area (Å²) in [6, 6.07) is 11.1. The van der Waals surface area contributed by atoms with Gasteiger partial charge < -0.3 is 9.80 Å². The molecule has 0 aliphatic carbocycles. The Bertz CT molecular complexity index is 800. The molecule has 23 heavy (non-hydrogen) atoms. The smallest absolute Gasteiger partial charge is 0.0730 e. The Morgan fingerprint density at radius 1 is 0.652 bits per heavy atom. The molecule has 0 spiro atoms. The summed E-state index contributed by atoms with van der Waals surface area (Å²) in [5.41, 5.74) is 7.10. The first kappa shape index (κ1) is 17.4. The molecule has 122 valence electrons. The molecular weight excluding hydrogens is 306 g/mol. The van der Waals surface area contributed by atoms with Crippen LogP contribution in [-0.4, -0.2) is 33.2 Å². The van der Waals surface area contributed by atoms with Crippen LogP contribution >= 0.6 is 12.4 Å². The van der Waals surface area contributed by atoms with Crippen LogP contribution in [0, 0.1) is 13.8 Å². The van der Waals surface area contributed by atoms with E-state index >= 15 is 0 Å². The van der Waals surface area contributed by atoms with Gasteiger partial charge in [0.2, 0.25) is 0 Å². The van der Waals surface area contributed by atoms with E-state index in [1.807, 2.05) is 0 Å². The first-order valence-electron chi connectivity index (χ1n) is 7.57. The Hall–Kier alpha value is -2.00. The van der Waals surface area contributed by atoms with E-state index < -0.39 is 0 Å². The van der Waals surface area contributed by atoms with Crippen molar-refractivity contribution in [2.45, 2.75) is 13.8 Å². The maximum absolute atomic E-state index is 4.89. The van der Waals surface area contributed by atoms with Gasteiger partial charge in [-0.3, -0.25) is 0 Å². The molecule has 0 saturated carbocycles. The van der Waals surface area contributed by atoms with E-state index in [4.69, 9.17) is 4.98 Å². The van der Waals surface area contributed by atoms with Crippen molar-refractivity contribution in [3.63, 3.8) is 0 Å². The van der Waals surface area contributed by atoms with Gasteiger partial charge in [0.05, 0.1) is 11.0 Å². The Kier molecular flexibility index (Phi) is 4.71. The largest absolute Gasteiger partial charge is 0.377 e. The van der Waals surface area contributed by atoms with Crippen LogP contribution in [0.25, 0.3) is 21.8 Å². The van der Waals surface area contributed by atoms with Crippen LogP contribution in [0.3, 0.4) is 0 Å². The van der Waals surface area contributed by atoms with Gasteiger partial charge in [-0.1, -0.05) is 0 Å². The minimum absolute atomic E-state index is 0. The fourth-order valence-electron chi connectivity index (χ4n) is 3.10. The fraction of sp³-hybridized carbons (Fsp3) is 0.316. The molecule has 3 rings (SSSR count). The first-order valence-corrected chi connectivity index (χ1v) is 7.57. The second kappa shape index (κ2) is 6.25. The van der Waals surface area contributed by atoms with Crippen molar-refractivity contribution in [1.29, 1.82) is 0 Å². The number of pyridine rings is 1. The predicted molar refractivity (Wildman–Crippen MR) is 105 cm³/mol.